The SMILES string of the molecule is CCCCCCC/C=C/CCCCCCCC[N+](C)(C)CCCCCCCC/C=C/CCCCCCC. The molecule has 0 unspecified atom stereocenters. The van der Waals surface area contributed by atoms with E-state index in [0.717, 1.165) is 0 Å². The van der Waals surface area contributed by atoms with Crippen LogP contribution in [-0.2, 0) is 0 Å². The summed E-state index contributed by atoms with van der Waals surface area (Å²) >= 11 is 0. The molecular formula is C36H72N+. The third-order valence-electron chi connectivity index (χ3n) is 8.05. The molecule has 0 aromatic heterocycles. The smallest absolute Gasteiger partial charge is 0.0782 e. The minimum absolute atomic E-state index is 1.23. The van der Waals surface area contributed by atoms with Gasteiger partial charge in [0.25, 0.3) is 0 Å². The Morgan fingerprint density at radius 1 is 0.324 bits per heavy atom. The van der Waals surface area contributed by atoms with Gasteiger partial charge in [-0.05, 0) is 77.0 Å². The van der Waals surface area contributed by atoms with Crippen molar-refractivity contribution in [3.63, 3.8) is 0 Å². The molecule has 0 aliphatic carbocycles. The first kappa shape index (κ1) is 36.4. The van der Waals surface area contributed by atoms with Crippen molar-refractivity contribution in [1.29, 1.82) is 0 Å². The summed E-state index contributed by atoms with van der Waals surface area (Å²) < 4.78 is 1.23. The molecule has 0 fully saturated rings. The van der Waals surface area contributed by atoms with Crippen LogP contribution in [0.4, 0.5) is 0 Å². The van der Waals surface area contributed by atoms with Crippen molar-refractivity contribution in [2.75, 3.05) is 27.2 Å². The molecule has 0 atom stereocenters. The molecule has 37 heavy (non-hydrogen) atoms. The van der Waals surface area contributed by atoms with Gasteiger partial charge in [-0.1, -0.05) is 128 Å². The summed E-state index contributed by atoms with van der Waals surface area (Å²) in [6, 6.07) is 0. The zero-order valence-corrected chi connectivity index (χ0v) is 26.6. The van der Waals surface area contributed by atoms with Crippen LogP contribution >= 0.6 is 0 Å². The van der Waals surface area contributed by atoms with Gasteiger partial charge in [-0.3, -0.25) is 0 Å². The highest BCUT2D eigenvalue weighted by atomic mass is 15.3. The van der Waals surface area contributed by atoms with E-state index in [0.29, 0.717) is 0 Å². The van der Waals surface area contributed by atoms with Crippen LogP contribution in [0, 0.1) is 0 Å². The van der Waals surface area contributed by atoms with Crippen LogP contribution in [0.2, 0.25) is 0 Å². The van der Waals surface area contributed by atoms with E-state index in [1.807, 2.05) is 0 Å². The van der Waals surface area contributed by atoms with Crippen molar-refractivity contribution >= 4 is 0 Å². The molecule has 0 aromatic carbocycles. The standard InChI is InChI=1S/C36H72N/c1-5-7-9-11-13-15-17-19-21-23-25-27-29-31-33-35-37(3,4)36-34-32-30-28-26-24-22-20-18-16-14-12-10-8-6-2/h17-20H,5-16,21-36H2,1-4H3/q+1/b19-17+,20-18+. The van der Waals surface area contributed by atoms with Gasteiger partial charge in [0.05, 0.1) is 27.2 Å². The predicted octanol–water partition coefficient (Wildman–Crippen LogP) is 12.4. The van der Waals surface area contributed by atoms with Crippen LogP contribution in [0.1, 0.15) is 181 Å². The van der Waals surface area contributed by atoms with Gasteiger partial charge in [0.2, 0.25) is 0 Å². The molecule has 1 nitrogen and oxygen atoms in total. The highest BCUT2D eigenvalue weighted by Crippen LogP contribution is 2.13. The van der Waals surface area contributed by atoms with Crippen LogP contribution in [0.25, 0.3) is 0 Å². The molecule has 220 valence electrons. The third kappa shape index (κ3) is 31.6. The summed E-state index contributed by atoms with van der Waals surface area (Å²) in [5.74, 6) is 0. The van der Waals surface area contributed by atoms with Crippen LogP contribution in [0.15, 0.2) is 24.3 Å². The number of hydrogen-bond acceptors (Lipinski definition) is 0. The number of nitrogens with zero attached hydrogens (tertiary/aromatic N) is 1. The first-order valence-corrected chi connectivity index (χ1v) is 17.2. The number of hydrogen-bond donors (Lipinski definition) is 0. The maximum Gasteiger partial charge on any atom is 0.0782 e. The number of allylic oxidation sites excluding steroid dienone is 4. The minimum Gasteiger partial charge on any atom is -0.328 e. The average Bonchev–Trinajstić information content (AvgIpc) is 2.88. The molecule has 1 heteroatoms. The molecule has 0 bridgehead atoms. The van der Waals surface area contributed by atoms with Crippen LogP contribution in [0.3, 0.4) is 0 Å². The summed E-state index contributed by atoms with van der Waals surface area (Å²) in [6.07, 6.45) is 46.1. The number of quaternary nitrogens is 1. The van der Waals surface area contributed by atoms with E-state index in [2.05, 4.69) is 52.2 Å². The summed E-state index contributed by atoms with van der Waals surface area (Å²) in [7, 11) is 4.90. The molecule has 0 saturated carbocycles. The van der Waals surface area contributed by atoms with Gasteiger partial charge in [-0.25, -0.2) is 0 Å². The Labute approximate surface area is 236 Å². The lowest BCUT2D eigenvalue weighted by atomic mass is 10.1. The Bertz CT molecular complexity index is 433. The zero-order valence-electron chi connectivity index (χ0n) is 26.6. The highest BCUT2D eigenvalue weighted by Gasteiger charge is 2.13. The quantitative estimate of drug-likeness (QED) is 0.0503. The number of unbranched alkanes of at least 4 members (excludes halogenated alkanes) is 22. The van der Waals surface area contributed by atoms with Crippen molar-refractivity contribution in [1.82, 2.24) is 0 Å². The van der Waals surface area contributed by atoms with Gasteiger partial charge in [0, 0.05) is 0 Å². The van der Waals surface area contributed by atoms with Gasteiger partial charge in [0.15, 0.2) is 0 Å². The van der Waals surface area contributed by atoms with Crippen molar-refractivity contribution in [2.24, 2.45) is 0 Å². The lowest BCUT2D eigenvalue weighted by Crippen LogP contribution is -2.41. The fourth-order valence-corrected chi connectivity index (χ4v) is 5.33. The Hall–Kier alpha value is -0.560. The maximum atomic E-state index is 2.45. The van der Waals surface area contributed by atoms with Gasteiger partial charge in [-0.2, -0.15) is 0 Å². The fourth-order valence-electron chi connectivity index (χ4n) is 5.33. The van der Waals surface area contributed by atoms with E-state index in [4.69, 9.17) is 0 Å². The van der Waals surface area contributed by atoms with E-state index in [9.17, 15) is 0 Å². The fraction of sp³-hybridized carbons (Fsp3) is 0.889. The monoisotopic (exact) mass is 519 g/mol. The van der Waals surface area contributed by atoms with Crippen molar-refractivity contribution in [3.8, 4) is 0 Å². The molecule has 0 aliphatic heterocycles. The van der Waals surface area contributed by atoms with Crippen molar-refractivity contribution in [3.05, 3.63) is 24.3 Å². The lowest BCUT2D eigenvalue weighted by Gasteiger charge is -2.30. The second kappa shape index (κ2) is 30.0. The first-order valence-electron chi connectivity index (χ1n) is 17.2. The van der Waals surface area contributed by atoms with Crippen LogP contribution in [0.5, 0.6) is 0 Å². The predicted molar refractivity (Wildman–Crippen MR) is 172 cm³/mol. The highest BCUT2D eigenvalue weighted by molar-refractivity contribution is 4.82. The Morgan fingerprint density at radius 2 is 0.568 bits per heavy atom. The average molecular weight is 519 g/mol. The molecule has 0 radical (unpaired) electrons. The van der Waals surface area contributed by atoms with E-state index in [-0.39, 0.29) is 0 Å². The molecular weight excluding hydrogens is 446 g/mol. The zero-order chi connectivity index (χ0) is 27.1. The summed E-state index contributed by atoms with van der Waals surface area (Å²) in [5.41, 5.74) is 0. The maximum absolute atomic E-state index is 2.45. The molecule has 0 aliphatic rings. The second-order valence-corrected chi connectivity index (χ2v) is 12.6. The topological polar surface area (TPSA) is 0 Å². The van der Waals surface area contributed by atoms with E-state index in [1.165, 1.54) is 185 Å². The first-order chi connectivity index (χ1) is 18.1. The minimum atomic E-state index is 1.23. The Balaban J connectivity index is 3.36. The van der Waals surface area contributed by atoms with Gasteiger partial charge < -0.3 is 4.48 Å². The second-order valence-electron chi connectivity index (χ2n) is 12.6. The molecule has 0 aromatic rings. The van der Waals surface area contributed by atoms with Gasteiger partial charge in [-0.15, -0.1) is 0 Å². The van der Waals surface area contributed by atoms with Crippen molar-refractivity contribution in [2.45, 2.75) is 181 Å². The Morgan fingerprint density at radius 3 is 0.865 bits per heavy atom. The molecule has 0 spiro atoms. The molecule has 0 amide bonds. The largest absolute Gasteiger partial charge is 0.328 e. The van der Waals surface area contributed by atoms with Gasteiger partial charge >= 0.3 is 0 Å². The molecule has 0 N–H and O–H groups in total. The third-order valence-corrected chi connectivity index (χ3v) is 8.05. The number of rotatable bonds is 30. The van der Waals surface area contributed by atoms with E-state index < -0.39 is 0 Å². The Kier molecular flexibility index (Phi) is 29.5. The molecule has 0 saturated heterocycles. The van der Waals surface area contributed by atoms with Crippen LogP contribution < -0.4 is 0 Å². The molecule has 0 heterocycles. The summed E-state index contributed by atoms with van der Waals surface area (Å²) in [4.78, 5) is 0. The van der Waals surface area contributed by atoms with Crippen LogP contribution in [-0.4, -0.2) is 31.7 Å². The molecule has 0 rings (SSSR count). The van der Waals surface area contributed by atoms with E-state index >= 15 is 0 Å². The van der Waals surface area contributed by atoms with Crippen molar-refractivity contribution < 1.29 is 4.48 Å². The lowest BCUT2D eigenvalue weighted by molar-refractivity contribution is -0.890. The van der Waals surface area contributed by atoms with E-state index in [1.54, 1.807) is 0 Å². The van der Waals surface area contributed by atoms with Gasteiger partial charge in [0.1, 0.15) is 0 Å². The summed E-state index contributed by atoms with van der Waals surface area (Å²) in [6.45, 7) is 7.32. The normalized spacial score (nSPS) is 12.4. The summed E-state index contributed by atoms with van der Waals surface area (Å²) in [5, 5.41) is 0.